The van der Waals surface area contributed by atoms with Crippen LogP contribution >= 0.6 is 24.2 Å². The molecule has 1 N–H and O–H groups in total. The molecular weight excluding hydrogens is 244 g/mol. The van der Waals surface area contributed by atoms with Crippen LogP contribution in [0.15, 0.2) is 0 Å². The van der Waals surface area contributed by atoms with Crippen LogP contribution in [-0.2, 0) is 4.79 Å². The van der Waals surface area contributed by atoms with Crippen LogP contribution in [0.2, 0.25) is 0 Å². The van der Waals surface area contributed by atoms with E-state index in [9.17, 15) is 4.79 Å². The normalized spacial score (nSPS) is 27.3. The molecule has 0 bridgehead atoms. The van der Waals surface area contributed by atoms with Gasteiger partial charge in [0.25, 0.3) is 0 Å². The van der Waals surface area contributed by atoms with Gasteiger partial charge in [-0.05, 0) is 25.9 Å². The number of thioether (sulfide) groups is 1. The fraction of sp³-hybridized carbons (Fsp3) is 0.909. The Morgan fingerprint density at radius 3 is 2.69 bits per heavy atom. The zero-order valence-corrected chi connectivity index (χ0v) is 11.4. The summed E-state index contributed by atoms with van der Waals surface area (Å²) >= 11 is 1.98. The molecule has 0 spiro atoms. The minimum absolute atomic E-state index is 0. The van der Waals surface area contributed by atoms with Gasteiger partial charge in [0, 0.05) is 30.0 Å². The van der Waals surface area contributed by atoms with E-state index in [1.54, 1.807) is 0 Å². The van der Waals surface area contributed by atoms with Gasteiger partial charge in [0.05, 0.1) is 0 Å². The maximum Gasteiger partial charge on any atom is 0.225 e. The summed E-state index contributed by atoms with van der Waals surface area (Å²) in [6, 6.07) is 0. The lowest BCUT2D eigenvalue weighted by molar-refractivity contribution is -0.136. The molecule has 0 aromatic heterocycles. The predicted octanol–water partition coefficient (Wildman–Crippen LogP) is 1.37. The second-order valence-corrected chi connectivity index (χ2v) is 6.04. The maximum absolute atomic E-state index is 12.2. The van der Waals surface area contributed by atoms with E-state index in [-0.39, 0.29) is 12.4 Å². The molecule has 2 rings (SSSR count). The third kappa shape index (κ3) is 3.54. The van der Waals surface area contributed by atoms with E-state index >= 15 is 0 Å². The number of piperidine rings is 1. The van der Waals surface area contributed by atoms with Gasteiger partial charge in [-0.1, -0.05) is 6.92 Å². The summed E-state index contributed by atoms with van der Waals surface area (Å²) in [5.74, 6) is 1.81. The Labute approximate surface area is 108 Å². The van der Waals surface area contributed by atoms with E-state index in [0.29, 0.717) is 17.1 Å². The van der Waals surface area contributed by atoms with E-state index in [1.165, 1.54) is 0 Å². The summed E-state index contributed by atoms with van der Waals surface area (Å²) in [6.45, 7) is 6.14. The first-order valence-electron chi connectivity index (χ1n) is 5.88. The summed E-state index contributed by atoms with van der Waals surface area (Å²) in [7, 11) is 0. The van der Waals surface area contributed by atoms with Gasteiger partial charge in [-0.2, -0.15) is 11.8 Å². The Bertz CT molecular complexity index is 234. The third-order valence-electron chi connectivity index (χ3n) is 3.24. The number of halogens is 1. The van der Waals surface area contributed by atoms with Crippen LogP contribution in [0.4, 0.5) is 0 Å². The van der Waals surface area contributed by atoms with E-state index in [1.807, 2.05) is 11.8 Å². The Morgan fingerprint density at radius 1 is 1.38 bits per heavy atom. The molecule has 2 aliphatic heterocycles. The second kappa shape index (κ2) is 6.72. The molecule has 0 aliphatic carbocycles. The minimum atomic E-state index is 0. The monoisotopic (exact) mass is 264 g/mol. The number of hydrogen-bond donors (Lipinski definition) is 1. The first kappa shape index (κ1) is 14.1. The van der Waals surface area contributed by atoms with Gasteiger partial charge in [0.1, 0.15) is 0 Å². The van der Waals surface area contributed by atoms with E-state index in [2.05, 4.69) is 17.1 Å². The molecule has 2 aliphatic rings. The van der Waals surface area contributed by atoms with E-state index in [4.69, 9.17) is 0 Å². The Morgan fingerprint density at radius 2 is 2.06 bits per heavy atom. The standard InChI is InChI=1S/C11H20N2OS.ClH/c1-9-8-13(6-7-15-9)11(14)10-2-4-12-5-3-10;/h9-10,12H,2-8H2,1H3;1H. The van der Waals surface area contributed by atoms with Gasteiger partial charge in [0.15, 0.2) is 0 Å². The highest BCUT2D eigenvalue weighted by molar-refractivity contribution is 7.99. The van der Waals surface area contributed by atoms with Gasteiger partial charge in [0.2, 0.25) is 5.91 Å². The Kier molecular flexibility index (Phi) is 5.94. The molecule has 1 atom stereocenters. The smallest absolute Gasteiger partial charge is 0.225 e. The molecule has 0 saturated carbocycles. The number of hydrogen-bond acceptors (Lipinski definition) is 3. The van der Waals surface area contributed by atoms with Crippen molar-refractivity contribution in [1.82, 2.24) is 10.2 Å². The molecule has 0 radical (unpaired) electrons. The summed E-state index contributed by atoms with van der Waals surface area (Å²) < 4.78 is 0. The third-order valence-corrected chi connectivity index (χ3v) is 4.38. The zero-order valence-electron chi connectivity index (χ0n) is 9.78. The largest absolute Gasteiger partial charge is 0.341 e. The average molecular weight is 265 g/mol. The van der Waals surface area contributed by atoms with Crippen LogP contribution < -0.4 is 5.32 Å². The lowest BCUT2D eigenvalue weighted by atomic mass is 9.96. The van der Waals surface area contributed by atoms with Crippen molar-refractivity contribution < 1.29 is 4.79 Å². The number of amides is 1. The van der Waals surface area contributed by atoms with Crippen molar-refractivity contribution in [3.05, 3.63) is 0 Å². The molecule has 0 aromatic carbocycles. The van der Waals surface area contributed by atoms with Crippen molar-refractivity contribution in [2.24, 2.45) is 5.92 Å². The van der Waals surface area contributed by atoms with Crippen LogP contribution in [0.1, 0.15) is 19.8 Å². The highest BCUT2D eigenvalue weighted by atomic mass is 35.5. The van der Waals surface area contributed by atoms with Gasteiger partial charge in [-0.25, -0.2) is 0 Å². The summed E-state index contributed by atoms with van der Waals surface area (Å²) in [5, 5.41) is 3.92. The predicted molar refractivity (Wildman–Crippen MR) is 71.3 cm³/mol. The highest BCUT2D eigenvalue weighted by Gasteiger charge is 2.28. The summed E-state index contributed by atoms with van der Waals surface area (Å²) in [6.07, 6.45) is 2.05. The lowest BCUT2D eigenvalue weighted by Gasteiger charge is -2.34. The second-order valence-electron chi connectivity index (χ2n) is 4.49. The number of carbonyl (C=O) groups is 1. The quantitative estimate of drug-likeness (QED) is 0.777. The van der Waals surface area contributed by atoms with Gasteiger partial charge >= 0.3 is 0 Å². The molecule has 3 nitrogen and oxygen atoms in total. The number of nitrogens with zero attached hydrogens (tertiary/aromatic N) is 1. The molecular formula is C11H21ClN2OS. The molecule has 16 heavy (non-hydrogen) atoms. The molecule has 2 heterocycles. The number of nitrogens with one attached hydrogen (secondary N) is 1. The van der Waals surface area contributed by atoms with Crippen molar-refractivity contribution in [3.8, 4) is 0 Å². The first-order valence-corrected chi connectivity index (χ1v) is 6.93. The van der Waals surface area contributed by atoms with Gasteiger partial charge < -0.3 is 10.2 Å². The molecule has 2 fully saturated rings. The lowest BCUT2D eigenvalue weighted by Crippen LogP contribution is -2.46. The van der Waals surface area contributed by atoms with Crippen LogP contribution in [0.3, 0.4) is 0 Å². The molecule has 0 aromatic rings. The SMILES string of the molecule is CC1CN(C(=O)C2CCNCC2)CCS1.Cl. The van der Waals surface area contributed by atoms with Crippen LogP contribution in [-0.4, -0.2) is 48.0 Å². The molecule has 94 valence electrons. The minimum Gasteiger partial charge on any atom is -0.341 e. The maximum atomic E-state index is 12.2. The fourth-order valence-corrected chi connectivity index (χ4v) is 3.36. The van der Waals surface area contributed by atoms with Crippen molar-refractivity contribution in [3.63, 3.8) is 0 Å². The molecule has 5 heteroatoms. The zero-order chi connectivity index (χ0) is 10.7. The topological polar surface area (TPSA) is 32.3 Å². The molecule has 2 saturated heterocycles. The Balaban J connectivity index is 0.00000128. The van der Waals surface area contributed by atoms with Gasteiger partial charge in [-0.15, -0.1) is 12.4 Å². The number of rotatable bonds is 1. The Hall–Kier alpha value is 0.0700. The van der Waals surface area contributed by atoms with Crippen LogP contribution in [0, 0.1) is 5.92 Å². The van der Waals surface area contributed by atoms with Crippen LogP contribution in [0.25, 0.3) is 0 Å². The summed E-state index contributed by atoms with van der Waals surface area (Å²) in [4.78, 5) is 14.3. The van der Waals surface area contributed by atoms with Gasteiger partial charge in [-0.3, -0.25) is 4.79 Å². The highest BCUT2D eigenvalue weighted by Crippen LogP contribution is 2.22. The van der Waals surface area contributed by atoms with Crippen molar-refractivity contribution in [2.75, 3.05) is 31.9 Å². The summed E-state index contributed by atoms with van der Waals surface area (Å²) in [5.41, 5.74) is 0. The van der Waals surface area contributed by atoms with Crippen molar-refractivity contribution in [2.45, 2.75) is 25.0 Å². The van der Waals surface area contributed by atoms with E-state index in [0.717, 1.165) is 44.8 Å². The van der Waals surface area contributed by atoms with Crippen LogP contribution in [0.5, 0.6) is 0 Å². The molecule has 1 amide bonds. The van der Waals surface area contributed by atoms with E-state index < -0.39 is 0 Å². The average Bonchev–Trinajstić information content (AvgIpc) is 2.29. The van der Waals surface area contributed by atoms with Crippen molar-refractivity contribution in [1.29, 1.82) is 0 Å². The number of carbonyl (C=O) groups excluding carboxylic acids is 1. The first-order chi connectivity index (χ1) is 7.27. The molecule has 1 unspecified atom stereocenters. The van der Waals surface area contributed by atoms with Crippen molar-refractivity contribution >= 4 is 30.1 Å². The fourth-order valence-electron chi connectivity index (χ4n) is 2.35.